The number of anilines is 1. The molecular weight excluding hydrogens is 430 g/mol. The van der Waals surface area contributed by atoms with E-state index < -0.39 is 17.3 Å². The average Bonchev–Trinajstić information content (AvgIpc) is 2.81. The van der Waals surface area contributed by atoms with Gasteiger partial charge >= 0.3 is 5.69 Å². The zero-order chi connectivity index (χ0) is 22.9. The molecule has 1 unspecified atom stereocenters. The Morgan fingerprint density at radius 3 is 2.73 bits per heavy atom. The van der Waals surface area contributed by atoms with Crippen molar-refractivity contribution < 1.29 is 18.3 Å². The molecule has 7 nitrogen and oxygen atoms in total. The Morgan fingerprint density at radius 2 is 1.97 bits per heavy atom. The summed E-state index contributed by atoms with van der Waals surface area (Å²) in [6.45, 7) is 4.21. The highest BCUT2D eigenvalue weighted by Crippen LogP contribution is 2.28. The number of rotatable bonds is 5. The van der Waals surface area contributed by atoms with Gasteiger partial charge in [-0.15, -0.1) is 0 Å². The summed E-state index contributed by atoms with van der Waals surface area (Å²) >= 11 is 0. The SMILES string of the molecule is Cc1ccc(Cc2c(F)cc(COc3cc4n(c(=O)n3)CCC3COCCN43)cc2F)cn1. The molecule has 0 spiro atoms. The lowest BCUT2D eigenvalue weighted by Crippen LogP contribution is -2.51. The summed E-state index contributed by atoms with van der Waals surface area (Å²) in [7, 11) is 0. The second-order valence-electron chi connectivity index (χ2n) is 8.41. The monoisotopic (exact) mass is 454 g/mol. The van der Waals surface area contributed by atoms with Crippen LogP contribution in [-0.4, -0.2) is 40.3 Å². The molecule has 3 aromatic rings. The van der Waals surface area contributed by atoms with Crippen LogP contribution in [0.25, 0.3) is 0 Å². The molecule has 33 heavy (non-hydrogen) atoms. The molecule has 0 N–H and O–H groups in total. The number of ether oxygens (including phenoxy) is 2. The quantitative estimate of drug-likeness (QED) is 0.591. The van der Waals surface area contributed by atoms with Gasteiger partial charge in [-0.1, -0.05) is 6.07 Å². The number of nitrogens with zero attached hydrogens (tertiary/aromatic N) is 4. The number of aromatic nitrogens is 3. The zero-order valence-electron chi connectivity index (χ0n) is 18.3. The molecule has 0 amide bonds. The Balaban J connectivity index is 1.33. The van der Waals surface area contributed by atoms with Gasteiger partial charge in [0.15, 0.2) is 0 Å². The summed E-state index contributed by atoms with van der Waals surface area (Å²) in [6, 6.07) is 8.04. The van der Waals surface area contributed by atoms with Crippen LogP contribution in [-0.2, 0) is 24.3 Å². The van der Waals surface area contributed by atoms with Crippen molar-refractivity contribution in [3.8, 4) is 5.88 Å². The van der Waals surface area contributed by atoms with E-state index in [4.69, 9.17) is 9.47 Å². The molecule has 9 heteroatoms. The van der Waals surface area contributed by atoms with Gasteiger partial charge in [0.25, 0.3) is 0 Å². The molecule has 1 aromatic carbocycles. The topological polar surface area (TPSA) is 69.5 Å². The Morgan fingerprint density at radius 1 is 1.15 bits per heavy atom. The van der Waals surface area contributed by atoms with Crippen LogP contribution >= 0.6 is 0 Å². The Hall–Kier alpha value is -3.33. The van der Waals surface area contributed by atoms with Crippen LogP contribution in [0.5, 0.6) is 5.88 Å². The van der Waals surface area contributed by atoms with E-state index in [2.05, 4.69) is 14.9 Å². The van der Waals surface area contributed by atoms with Gasteiger partial charge in [-0.25, -0.2) is 13.6 Å². The number of fused-ring (bicyclic) bond motifs is 3. The lowest BCUT2D eigenvalue weighted by atomic mass is 10.0. The van der Waals surface area contributed by atoms with Gasteiger partial charge in [-0.05, 0) is 42.7 Å². The molecule has 0 saturated carbocycles. The molecule has 1 fully saturated rings. The van der Waals surface area contributed by atoms with Crippen LogP contribution in [0.2, 0.25) is 0 Å². The Labute approximate surface area is 189 Å². The van der Waals surface area contributed by atoms with Crippen molar-refractivity contribution >= 4 is 5.82 Å². The summed E-state index contributed by atoms with van der Waals surface area (Å²) in [5.41, 5.74) is 1.47. The predicted molar refractivity (Wildman–Crippen MR) is 118 cm³/mol. The molecule has 0 radical (unpaired) electrons. The molecule has 172 valence electrons. The highest BCUT2D eigenvalue weighted by molar-refractivity contribution is 5.45. The van der Waals surface area contributed by atoms with E-state index in [0.717, 1.165) is 23.5 Å². The van der Waals surface area contributed by atoms with Crippen molar-refractivity contribution in [1.29, 1.82) is 0 Å². The highest BCUT2D eigenvalue weighted by atomic mass is 19.1. The van der Waals surface area contributed by atoms with Gasteiger partial charge in [0.2, 0.25) is 5.88 Å². The molecule has 5 rings (SSSR count). The first kappa shape index (κ1) is 21.5. The first-order chi connectivity index (χ1) is 16.0. The van der Waals surface area contributed by atoms with E-state index in [1.54, 1.807) is 29.0 Å². The second-order valence-corrected chi connectivity index (χ2v) is 8.41. The predicted octanol–water partition coefficient (Wildman–Crippen LogP) is 3.00. The van der Waals surface area contributed by atoms with Crippen molar-refractivity contribution in [3.63, 3.8) is 0 Å². The number of hydrogen-bond acceptors (Lipinski definition) is 6. The van der Waals surface area contributed by atoms with Crippen molar-refractivity contribution in [2.24, 2.45) is 0 Å². The van der Waals surface area contributed by atoms with Gasteiger partial charge in [0.1, 0.15) is 24.1 Å². The van der Waals surface area contributed by atoms with E-state index >= 15 is 0 Å². The minimum Gasteiger partial charge on any atom is -0.473 e. The van der Waals surface area contributed by atoms with Crippen LogP contribution in [0, 0.1) is 18.6 Å². The molecule has 1 saturated heterocycles. The minimum absolute atomic E-state index is 0.0205. The number of morpholine rings is 1. The van der Waals surface area contributed by atoms with E-state index in [9.17, 15) is 13.6 Å². The summed E-state index contributed by atoms with van der Waals surface area (Å²) in [5, 5.41) is 0. The second kappa shape index (κ2) is 8.90. The molecule has 2 aliphatic heterocycles. The maximum absolute atomic E-state index is 14.7. The zero-order valence-corrected chi connectivity index (χ0v) is 18.3. The van der Waals surface area contributed by atoms with Crippen LogP contribution < -0.4 is 15.3 Å². The van der Waals surface area contributed by atoms with Gasteiger partial charge in [0, 0.05) is 43.0 Å². The summed E-state index contributed by atoms with van der Waals surface area (Å²) in [5.74, 6) is -0.425. The Kier molecular flexibility index (Phi) is 5.80. The lowest BCUT2D eigenvalue weighted by Gasteiger charge is -2.41. The molecule has 1 atom stereocenters. The third kappa shape index (κ3) is 4.45. The largest absolute Gasteiger partial charge is 0.473 e. The summed E-state index contributed by atoms with van der Waals surface area (Å²) in [6.07, 6.45) is 2.54. The maximum Gasteiger partial charge on any atom is 0.352 e. The van der Waals surface area contributed by atoms with E-state index in [1.165, 1.54) is 12.1 Å². The fraction of sp³-hybridized carbons (Fsp3) is 0.375. The van der Waals surface area contributed by atoms with Crippen LogP contribution in [0.15, 0.2) is 41.3 Å². The van der Waals surface area contributed by atoms with Crippen LogP contribution in [0.4, 0.5) is 14.6 Å². The average molecular weight is 454 g/mol. The minimum atomic E-state index is -0.649. The number of aryl methyl sites for hydroxylation is 1. The van der Waals surface area contributed by atoms with Crippen molar-refractivity contribution in [1.82, 2.24) is 14.5 Å². The number of halogens is 2. The number of pyridine rings is 1. The normalized spacial score (nSPS) is 17.4. The third-order valence-corrected chi connectivity index (χ3v) is 6.11. The molecule has 0 bridgehead atoms. The van der Waals surface area contributed by atoms with Gasteiger partial charge in [-0.3, -0.25) is 9.55 Å². The van der Waals surface area contributed by atoms with Crippen LogP contribution in [0.3, 0.4) is 0 Å². The van der Waals surface area contributed by atoms with E-state index in [1.807, 2.05) is 6.92 Å². The molecular formula is C24H24F2N4O3. The number of benzene rings is 1. The fourth-order valence-corrected chi connectivity index (χ4v) is 4.34. The van der Waals surface area contributed by atoms with E-state index in [0.29, 0.717) is 31.9 Å². The molecule has 0 aliphatic carbocycles. The molecule has 2 aromatic heterocycles. The van der Waals surface area contributed by atoms with Crippen LogP contribution in [0.1, 0.15) is 28.8 Å². The highest BCUT2D eigenvalue weighted by Gasteiger charge is 2.30. The first-order valence-electron chi connectivity index (χ1n) is 11.0. The molecule has 2 aliphatic rings. The molecule has 4 heterocycles. The standard InChI is InChI=1S/C24H24F2N4O3/c1-15-2-3-16(12-27-15)8-19-20(25)9-17(10-21(19)26)13-33-22-11-23-29-6-7-32-14-18(29)4-5-30(23)24(31)28-22/h2-3,9-12,18H,4-8,13-14H2,1H3. The van der Waals surface area contributed by atoms with Gasteiger partial charge in [-0.2, -0.15) is 4.98 Å². The van der Waals surface area contributed by atoms with Crippen molar-refractivity contribution in [3.05, 3.63) is 81.0 Å². The van der Waals surface area contributed by atoms with Gasteiger partial charge < -0.3 is 14.4 Å². The third-order valence-electron chi connectivity index (χ3n) is 6.11. The fourth-order valence-electron chi connectivity index (χ4n) is 4.34. The van der Waals surface area contributed by atoms with Gasteiger partial charge in [0.05, 0.1) is 19.3 Å². The van der Waals surface area contributed by atoms with Crippen molar-refractivity contribution in [2.45, 2.75) is 39.0 Å². The maximum atomic E-state index is 14.7. The van der Waals surface area contributed by atoms with E-state index in [-0.39, 0.29) is 30.5 Å². The number of hydrogen-bond donors (Lipinski definition) is 0. The summed E-state index contributed by atoms with van der Waals surface area (Å²) < 4.78 is 42.2. The smallest absolute Gasteiger partial charge is 0.352 e. The summed E-state index contributed by atoms with van der Waals surface area (Å²) in [4.78, 5) is 22.8. The lowest BCUT2D eigenvalue weighted by molar-refractivity contribution is 0.0847. The van der Waals surface area contributed by atoms with Crippen molar-refractivity contribution in [2.75, 3.05) is 24.7 Å². The Bertz CT molecular complexity index is 1210. The first-order valence-corrected chi connectivity index (χ1v) is 11.0.